The van der Waals surface area contributed by atoms with Crippen LogP contribution in [-0.4, -0.2) is 19.1 Å². The average Bonchev–Trinajstić information content (AvgIpc) is 3.35. The lowest BCUT2D eigenvalue weighted by atomic mass is 10.0. The lowest BCUT2D eigenvalue weighted by molar-refractivity contribution is 0.0980. The molecule has 0 radical (unpaired) electrons. The van der Waals surface area contributed by atoms with Gasteiger partial charge in [0.15, 0.2) is 0 Å². The first-order valence-electron chi connectivity index (χ1n) is 8.98. The molecule has 1 saturated carbocycles. The van der Waals surface area contributed by atoms with E-state index in [9.17, 15) is 13.2 Å². The molecule has 0 aliphatic heterocycles. The molecule has 1 amide bonds. The fraction of sp³-hybridized carbons (Fsp3) is 0.381. The number of rotatable bonds is 6. The average molecular weight is 388 g/mol. The smallest absolute Gasteiger partial charge is 0.264 e. The summed E-state index contributed by atoms with van der Waals surface area (Å²) in [5, 5.41) is 0. The number of benzene rings is 2. The van der Waals surface area contributed by atoms with Crippen molar-refractivity contribution >= 4 is 15.9 Å². The van der Waals surface area contributed by atoms with E-state index >= 15 is 0 Å². The van der Waals surface area contributed by atoms with Crippen LogP contribution in [0.15, 0.2) is 36.4 Å². The predicted octanol–water partition coefficient (Wildman–Crippen LogP) is 3.80. The molecule has 0 saturated heterocycles. The number of sulfonamides is 1. The minimum atomic E-state index is -3.66. The normalized spacial score (nSPS) is 15.3. The molecule has 3 rings (SSSR count). The number of amides is 1. The third-order valence-corrected chi connectivity index (χ3v) is 7.46. The van der Waals surface area contributed by atoms with E-state index in [1.165, 1.54) is 0 Å². The summed E-state index contributed by atoms with van der Waals surface area (Å²) in [5.74, 6) is -0.0552. The van der Waals surface area contributed by atoms with Gasteiger partial charge in [-0.25, -0.2) is 13.1 Å². The lowest BCUT2D eigenvalue weighted by Gasteiger charge is -2.15. The summed E-state index contributed by atoms with van der Waals surface area (Å²) in [6.45, 7) is 8.00. The monoisotopic (exact) mass is 387 g/mol. The maximum atomic E-state index is 12.4. The van der Waals surface area contributed by atoms with Gasteiger partial charge in [-0.2, -0.15) is 0 Å². The van der Waals surface area contributed by atoms with Crippen molar-refractivity contribution in [2.45, 2.75) is 51.9 Å². The molecule has 0 aromatic heterocycles. The molecule has 6 heteroatoms. The van der Waals surface area contributed by atoms with Crippen LogP contribution in [0, 0.1) is 20.8 Å². The molecular formula is C21H25NO4S. The Morgan fingerprint density at radius 3 is 2.30 bits per heavy atom. The van der Waals surface area contributed by atoms with Gasteiger partial charge in [-0.15, -0.1) is 0 Å². The molecule has 0 unspecified atom stereocenters. The first-order chi connectivity index (χ1) is 12.6. The van der Waals surface area contributed by atoms with Crippen LogP contribution in [0.1, 0.15) is 52.4 Å². The van der Waals surface area contributed by atoms with E-state index < -0.39 is 20.7 Å². The Morgan fingerprint density at radius 1 is 1.07 bits per heavy atom. The Kier molecular flexibility index (Phi) is 5.04. The molecule has 2 aromatic carbocycles. The zero-order valence-corrected chi connectivity index (χ0v) is 16.9. The highest BCUT2D eigenvalue weighted by Gasteiger charge is 2.50. The number of hydrogen-bond acceptors (Lipinski definition) is 4. The second-order valence-electron chi connectivity index (χ2n) is 7.52. The fourth-order valence-corrected chi connectivity index (χ4v) is 4.12. The number of carbonyl (C=O) groups excluding carboxylic acids is 1. The van der Waals surface area contributed by atoms with E-state index in [0.717, 1.165) is 22.3 Å². The molecule has 1 aliphatic carbocycles. The van der Waals surface area contributed by atoms with Crippen molar-refractivity contribution in [2.24, 2.45) is 0 Å². The largest absolute Gasteiger partial charge is 0.489 e. The molecule has 1 N–H and O–H groups in total. The molecule has 5 nitrogen and oxygen atoms in total. The number of hydrogen-bond donors (Lipinski definition) is 1. The summed E-state index contributed by atoms with van der Waals surface area (Å²) < 4.78 is 31.9. The summed E-state index contributed by atoms with van der Waals surface area (Å²) in [7, 11) is -3.66. The van der Waals surface area contributed by atoms with Gasteiger partial charge in [0.25, 0.3) is 5.91 Å². The van der Waals surface area contributed by atoms with Crippen molar-refractivity contribution in [3.05, 3.63) is 64.2 Å². The van der Waals surface area contributed by atoms with E-state index in [1.54, 1.807) is 25.1 Å². The minimum Gasteiger partial charge on any atom is -0.489 e. The van der Waals surface area contributed by atoms with Crippen LogP contribution in [0.5, 0.6) is 5.75 Å². The maximum absolute atomic E-state index is 12.4. The second-order valence-corrected chi connectivity index (χ2v) is 9.72. The second kappa shape index (κ2) is 7.00. The van der Waals surface area contributed by atoms with Gasteiger partial charge in [0.2, 0.25) is 10.0 Å². The predicted molar refractivity (Wildman–Crippen MR) is 105 cm³/mol. The fourth-order valence-electron chi connectivity index (χ4n) is 2.87. The number of aryl methyl sites for hydroxylation is 3. The van der Waals surface area contributed by atoms with Crippen LogP contribution >= 0.6 is 0 Å². The number of nitrogens with one attached hydrogen (secondary N) is 1. The van der Waals surface area contributed by atoms with Crippen molar-refractivity contribution in [1.29, 1.82) is 0 Å². The molecular weight excluding hydrogens is 362 g/mol. The van der Waals surface area contributed by atoms with Gasteiger partial charge < -0.3 is 4.74 Å². The quantitative estimate of drug-likeness (QED) is 0.818. The number of ether oxygens (including phenoxy) is 1. The van der Waals surface area contributed by atoms with Crippen LogP contribution < -0.4 is 9.46 Å². The van der Waals surface area contributed by atoms with Crippen molar-refractivity contribution in [1.82, 2.24) is 4.72 Å². The summed E-state index contributed by atoms with van der Waals surface area (Å²) in [6, 6.07) is 11.0. The van der Waals surface area contributed by atoms with E-state index in [0.29, 0.717) is 25.2 Å². The lowest BCUT2D eigenvalue weighted by Crippen LogP contribution is -2.38. The molecule has 2 aromatic rings. The van der Waals surface area contributed by atoms with Crippen LogP contribution in [0.4, 0.5) is 0 Å². The van der Waals surface area contributed by atoms with Crippen LogP contribution in [0.3, 0.4) is 0 Å². The highest BCUT2D eigenvalue weighted by Crippen LogP contribution is 2.42. The van der Waals surface area contributed by atoms with Gasteiger partial charge in [-0.05, 0) is 74.9 Å². The third-order valence-electron chi connectivity index (χ3n) is 5.30. The van der Waals surface area contributed by atoms with Crippen LogP contribution in [-0.2, 0) is 16.6 Å². The summed E-state index contributed by atoms with van der Waals surface area (Å²) in [4.78, 5) is 12.4. The maximum Gasteiger partial charge on any atom is 0.264 e. The Labute approximate surface area is 160 Å². The van der Waals surface area contributed by atoms with Gasteiger partial charge in [0, 0.05) is 5.56 Å². The van der Waals surface area contributed by atoms with Crippen LogP contribution in [0.25, 0.3) is 0 Å². The number of carbonyl (C=O) groups is 1. The van der Waals surface area contributed by atoms with Gasteiger partial charge >= 0.3 is 0 Å². The molecule has 0 bridgehead atoms. The summed E-state index contributed by atoms with van der Waals surface area (Å²) in [5.41, 5.74) is 4.55. The Bertz CT molecular complexity index is 971. The first-order valence-corrected chi connectivity index (χ1v) is 10.5. The Balaban J connectivity index is 1.77. The molecule has 144 valence electrons. The minimum absolute atomic E-state index is 0.268. The molecule has 27 heavy (non-hydrogen) atoms. The van der Waals surface area contributed by atoms with E-state index in [4.69, 9.17) is 4.74 Å². The molecule has 1 aliphatic rings. The van der Waals surface area contributed by atoms with Gasteiger partial charge in [-0.1, -0.05) is 24.3 Å². The van der Waals surface area contributed by atoms with Crippen molar-refractivity contribution in [3.8, 4) is 5.75 Å². The molecule has 1 fully saturated rings. The zero-order chi connectivity index (χ0) is 19.8. The van der Waals surface area contributed by atoms with Crippen LogP contribution in [0.2, 0.25) is 0 Å². The van der Waals surface area contributed by atoms with Crippen molar-refractivity contribution < 1.29 is 17.9 Å². The van der Waals surface area contributed by atoms with Gasteiger partial charge in [0.05, 0.1) is 4.75 Å². The topological polar surface area (TPSA) is 72.5 Å². The van der Waals surface area contributed by atoms with Gasteiger partial charge in [-0.3, -0.25) is 4.79 Å². The van der Waals surface area contributed by atoms with E-state index in [1.807, 2.05) is 39.0 Å². The Morgan fingerprint density at radius 2 is 1.70 bits per heavy atom. The van der Waals surface area contributed by atoms with E-state index in [2.05, 4.69) is 4.72 Å². The highest BCUT2D eigenvalue weighted by atomic mass is 32.2. The third kappa shape index (κ3) is 4.00. The van der Waals surface area contributed by atoms with Crippen molar-refractivity contribution in [3.63, 3.8) is 0 Å². The zero-order valence-electron chi connectivity index (χ0n) is 16.1. The summed E-state index contributed by atoms with van der Waals surface area (Å²) in [6.07, 6.45) is 1.15. The van der Waals surface area contributed by atoms with Crippen molar-refractivity contribution in [2.75, 3.05) is 0 Å². The highest BCUT2D eigenvalue weighted by molar-refractivity contribution is 7.91. The molecule has 0 atom stereocenters. The van der Waals surface area contributed by atoms with Gasteiger partial charge in [0.1, 0.15) is 12.4 Å². The SMILES string of the molecule is Cc1ccc(C(=O)NS(=O)(=O)C2(C)CC2)cc1OCc1c(C)cccc1C. The Hall–Kier alpha value is -2.34. The first kappa shape index (κ1) is 19.4. The molecule has 0 heterocycles. The van der Waals surface area contributed by atoms with E-state index in [-0.39, 0.29) is 5.56 Å². The summed E-state index contributed by atoms with van der Waals surface area (Å²) >= 11 is 0. The molecule has 0 spiro atoms. The standard InChI is InChI=1S/C21H25NO4S/c1-14-6-5-7-15(2)18(14)13-26-19-12-17(9-8-16(19)3)20(23)22-27(24,25)21(4)10-11-21/h5-9,12H,10-11,13H2,1-4H3,(H,22,23).